The lowest BCUT2D eigenvalue weighted by atomic mass is 10.2. The first-order valence-corrected chi connectivity index (χ1v) is 8.01. The summed E-state index contributed by atoms with van der Waals surface area (Å²) in [5, 5.41) is 5.75. The van der Waals surface area contributed by atoms with Gasteiger partial charge in [0.2, 0.25) is 5.91 Å². The molecule has 112 valence electrons. The lowest BCUT2D eigenvalue weighted by Gasteiger charge is -2.23. The fourth-order valence-corrected chi connectivity index (χ4v) is 3.36. The number of hydrogen-bond donors (Lipinski definition) is 2. The van der Waals surface area contributed by atoms with E-state index in [0.717, 1.165) is 0 Å². The number of sulfone groups is 1. The lowest BCUT2D eigenvalue weighted by Crippen LogP contribution is -2.48. The van der Waals surface area contributed by atoms with Gasteiger partial charge in [0, 0.05) is 39.8 Å². The van der Waals surface area contributed by atoms with E-state index in [1.807, 2.05) is 0 Å². The average molecular weight is 294 g/mol. The molecule has 0 aromatic carbocycles. The van der Waals surface area contributed by atoms with Gasteiger partial charge in [0.1, 0.15) is 0 Å². The molecule has 0 aromatic heterocycles. The number of ether oxygens (including phenoxy) is 2. The van der Waals surface area contributed by atoms with Crippen LogP contribution in [0, 0.1) is 0 Å². The van der Waals surface area contributed by atoms with Crippen LogP contribution in [0.1, 0.15) is 6.42 Å². The normalized spacial score (nSPS) is 23.8. The van der Waals surface area contributed by atoms with Crippen LogP contribution in [0.2, 0.25) is 0 Å². The van der Waals surface area contributed by atoms with Crippen LogP contribution in [0.3, 0.4) is 0 Å². The second-order valence-electron chi connectivity index (χ2n) is 4.59. The highest BCUT2D eigenvalue weighted by atomic mass is 32.2. The van der Waals surface area contributed by atoms with Gasteiger partial charge in [-0.3, -0.25) is 4.79 Å². The maximum Gasteiger partial charge on any atom is 0.221 e. The van der Waals surface area contributed by atoms with Crippen LogP contribution in [0.25, 0.3) is 0 Å². The molecule has 2 unspecified atom stereocenters. The number of rotatable bonds is 7. The maximum absolute atomic E-state index is 11.7. The Kier molecular flexibility index (Phi) is 6.70. The minimum Gasteiger partial charge on any atom is -0.382 e. The molecule has 1 heterocycles. The molecule has 1 aliphatic rings. The smallest absolute Gasteiger partial charge is 0.221 e. The molecule has 1 amide bonds. The number of amides is 1. The zero-order valence-corrected chi connectivity index (χ0v) is 12.2. The van der Waals surface area contributed by atoms with Gasteiger partial charge in [0.25, 0.3) is 0 Å². The average Bonchev–Trinajstić information content (AvgIpc) is 2.33. The third-order valence-corrected chi connectivity index (χ3v) is 4.68. The molecule has 1 rings (SSSR count). The molecule has 1 aliphatic heterocycles. The van der Waals surface area contributed by atoms with Gasteiger partial charge in [-0.2, -0.15) is 0 Å². The molecular formula is C11H22N2O5S. The van der Waals surface area contributed by atoms with Crippen molar-refractivity contribution >= 4 is 15.7 Å². The Bertz CT molecular complexity index is 385. The summed E-state index contributed by atoms with van der Waals surface area (Å²) in [4.78, 5) is 11.7. The van der Waals surface area contributed by atoms with Crippen molar-refractivity contribution in [3.63, 3.8) is 0 Å². The van der Waals surface area contributed by atoms with Gasteiger partial charge in [0.05, 0.1) is 24.2 Å². The van der Waals surface area contributed by atoms with Gasteiger partial charge in [-0.1, -0.05) is 0 Å². The molecule has 0 radical (unpaired) electrons. The Morgan fingerprint density at radius 3 is 2.79 bits per heavy atom. The van der Waals surface area contributed by atoms with Gasteiger partial charge < -0.3 is 20.1 Å². The molecule has 0 saturated carbocycles. The van der Waals surface area contributed by atoms with Gasteiger partial charge in [-0.25, -0.2) is 8.42 Å². The summed E-state index contributed by atoms with van der Waals surface area (Å²) in [7, 11) is 0.0976. The van der Waals surface area contributed by atoms with Crippen LogP contribution in [-0.4, -0.2) is 71.9 Å². The topological polar surface area (TPSA) is 93.7 Å². The van der Waals surface area contributed by atoms with Crippen LogP contribution in [-0.2, 0) is 24.1 Å². The van der Waals surface area contributed by atoms with Crippen molar-refractivity contribution in [2.24, 2.45) is 0 Å². The first-order valence-electron chi connectivity index (χ1n) is 6.19. The summed E-state index contributed by atoms with van der Waals surface area (Å²) in [6.45, 7) is 1.15. The van der Waals surface area contributed by atoms with Crippen molar-refractivity contribution in [1.82, 2.24) is 10.6 Å². The van der Waals surface area contributed by atoms with E-state index in [1.165, 1.54) is 0 Å². The number of hydrogen-bond acceptors (Lipinski definition) is 6. The number of carbonyl (C=O) groups is 1. The van der Waals surface area contributed by atoms with Crippen LogP contribution < -0.4 is 10.6 Å². The number of nitrogens with one attached hydrogen (secondary N) is 2. The van der Waals surface area contributed by atoms with E-state index >= 15 is 0 Å². The summed E-state index contributed by atoms with van der Waals surface area (Å²) in [6, 6.07) is -0.304. The predicted molar refractivity (Wildman–Crippen MR) is 70.7 cm³/mol. The van der Waals surface area contributed by atoms with Crippen LogP contribution in [0.4, 0.5) is 0 Å². The molecule has 1 saturated heterocycles. The highest BCUT2D eigenvalue weighted by Gasteiger charge is 2.26. The largest absolute Gasteiger partial charge is 0.382 e. The monoisotopic (exact) mass is 294 g/mol. The van der Waals surface area contributed by atoms with Gasteiger partial charge in [-0.05, 0) is 0 Å². The molecule has 8 heteroatoms. The fourth-order valence-electron chi connectivity index (χ4n) is 1.92. The summed E-state index contributed by atoms with van der Waals surface area (Å²) in [6.07, 6.45) is -0.0418. The number of carbonyl (C=O) groups excluding carboxylic acids is 1. The SMILES string of the molecule is COCC(CNC(=O)CC1CS(=O)(=O)CCN1)OC. The van der Waals surface area contributed by atoms with Crippen molar-refractivity contribution in [2.45, 2.75) is 18.6 Å². The summed E-state index contributed by atoms with van der Waals surface area (Å²) >= 11 is 0. The molecule has 0 bridgehead atoms. The Labute approximate surface area is 113 Å². The third kappa shape index (κ3) is 6.33. The molecule has 1 fully saturated rings. The summed E-state index contributed by atoms with van der Waals surface area (Å²) in [5.41, 5.74) is 0. The Hall–Kier alpha value is -0.700. The summed E-state index contributed by atoms with van der Waals surface area (Å²) < 4.78 is 32.9. The fraction of sp³-hybridized carbons (Fsp3) is 0.909. The Morgan fingerprint density at radius 1 is 1.47 bits per heavy atom. The highest BCUT2D eigenvalue weighted by Crippen LogP contribution is 2.04. The highest BCUT2D eigenvalue weighted by molar-refractivity contribution is 7.91. The predicted octanol–water partition coefficient (Wildman–Crippen LogP) is -1.46. The second kappa shape index (κ2) is 7.78. The van der Waals surface area contributed by atoms with Gasteiger partial charge in [0.15, 0.2) is 9.84 Å². The lowest BCUT2D eigenvalue weighted by molar-refractivity contribution is -0.122. The molecule has 0 aromatic rings. The number of methoxy groups -OCH3 is 2. The van der Waals surface area contributed by atoms with E-state index in [1.54, 1.807) is 14.2 Å². The molecule has 2 N–H and O–H groups in total. The molecule has 19 heavy (non-hydrogen) atoms. The van der Waals surface area contributed by atoms with E-state index in [-0.39, 0.29) is 36.0 Å². The minimum atomic E-state index is -3.01. The maximum atomic E-state index is 11.7. The molecular weight excluding hydrogens is 272 g/mol. The zero-order chi connectivity index (χ0) is 14.3. The Balaban J connectivity index is 2.31. The van der Waals surface area contributed by atoms with Crippen LogP contribution >= 0.6 is 0 Å². The van der Waals surface area contributed by atoms with E-state index in [4.69, 9.17) is 9.47 Å². The zero-order valence-electron chi connectivity index (χ0n) is 11.3. The molecule has 0 spiro atoms. The van der Waals surface area contributed by atoms with Crippen molar-refractivity contribution < 1.29 is 22.7 Å². The van der Waals surface area contributed by atoms with Crippen molar-refractivity contribution in [2.75, 3.05) is 45.4 Å². The first kappa shape index (κ1) is 16.4. The van der Waals surface area contributed by atoms with E-state index in [0.29, 0.717) is 19.7 Å². The van der Waals surface area contributed by atoms with E-state index in [2.05, 4.69) is 10.6 Å². The van der Waals surface area contributed by atoms with Gasteiger partial charge in [-0.15, -0.1) is 0 Å². The van der Waals surface area contributed by atoms with E-state index < -0.39 is 9.84 Å². The molecule has 0 aliphatic carbocycles. The first-order chi connectivity index (χ1) is 8.96. The minimum absolute atomic E-state index is 0.0200. The van der Waals surface area contributed by atoms with Gasteiger partial charge >= 0.3 is 0 Å². The summed E-state index contributed by atoms with van der Waals surface area (Å²) in [5.74, 6) is -0.0237. The third-order valence-electron chi connectivity index (χ3n) is 2.95. The Morgan fingerprint density at radius 2 is 2.21 bits per heavy atom. The quantitative estimate of drug-likeness (QED) is 0.596. The van der Waals surface area contributed by atoms with Crippen LogP contribution in [0.5, 0.6) is 0 Å². The molecule has 7 nitrogen and oxygen atoms in total. The van der Waals surface area contributed by atoms with Crippen molar-refractivity contribution in [3.8, 4) is 0 Å². The van der Waals surface area contributed by atoms with Crippen LogP contribution in [0.15, 0.2) is 0 Å². The second-order valence-corrected chi connectivity index (χ2v) is 6.82. The standard InChI is InChI=1S/C11H22N2O5S/c1-17-7-10(18-2)6-13-11(14)5-9-8-19(15,16)4-3-12-9/h9-10,12H,3-8H2,1-2H3,(H,13,14). The van der Waals surface area contributed by atoms with E-state index in [9.17, 15) is 13.2 Å². The molecule has 2 atom stereocenters. The van der Waals surface area contributed by atoms with Crippen molar-refractivity contribution in [1.29, 1.82) is 0 Å². The van der Waals surface area contributed by atoms with Crippen molar-refractivity contribution in [3.05, 3.63) is 0 Å².